The summed E-state index contributed by atoms with van der Waals surface area (Å²) >= 11 is 0. The minimum Gasteiger partial charge on any atom is -0.449 e. The van der Waals surface area contributed by atoms with Gasteiger partial charge in [0, 0.05) is 12.2 Å². The van der Waals surface area contributed by atoms with Crippen molar-refractivity contribution in [3.63, 3.8) is 0 Å². The molecule has 0 aliphatic carbocycles. The molecule has 2 heterocycles. The van der Waals surface area contributed by atoms with Gasteiger partial charge in [-0.1, -0.05) is 31.2 Å². The maximum absolute atomic E-state index is 12.9. The highest BCUT2D eigenvalue weighted by molar-refractivity contribution is 6.04. The van der Waals surface area contributed by atoms with E-state index in [4.69, 9.17) is 9.15 Å². The molecule has 0 spiro atoms. The lowest BCUT2D eigenvalue weighted by molar-refractivity contribution is -0.127. The predicted molar refractivity (Wildman–Crippen MR) is 96.0 cm³/mol. The fourth-order valence-corrected chi connectivity index (χ4v) is 3.29. The molecular formula is C20H18N2O4. The van der Waals surface area contributed by atoms with Gasteiger partial charge in [-0.3, -0.25) is 4.79 Å². The SMILES string of the molecule is CCC(OC(=O)c1cccc2ocnc12)C(=O)N1CCc2ccccc21. The maximum Gasteiger partial charge on any atom is 0.341 e. The lowest BCUT2D eigenvalue weighted by Gasteiger charge is -2.23. The minimum absolute atomic E-state index is 0.196. The Hall–Kier alpha value is -3.15. The molecule has 2 aromatic carbocycles. The molecule has 1 atom stereocenters. The molecule has 26 heavy (non-hydrogen) atoms. The fourth-order valence-electron chi connectivity index (χ4n) is 3.29. The van der Waals surface area contributed by atoms with Crippen molar-refractivity contribution < 1.29 is 18.7 Å². The van der Waals surface area contributed by atoms with Crippen LogP contribution in [-0.2, 0) is 16.0 Å². The van der Waals surface area contributed by atoms with Crippen LogP contribution >= 0.6 is 0 Å². The van der Waals surface area contributed by atoms with E-state index in [9.17, 15) is 9.59 Å². The van der Waals surface area contributed by atoms with Gasteiger partial charge in [0.05, 0.1) is 5.56 Å². The molecule has 0 fully saturated rings. The zero-order chi connectivity index (χ0) is 18.1. The number of fused-ring (bicyclic) bond motifs is 2. The van der Waals surface area contributed by atoms with E-state index in [2.05, 4.69) is 4.98 Å². The Balaban J connectivity index is 1.56. The van der Waals surface area contributed by atoms with Crippen LogP contribution in [0.4, 0.5) is 5.69 Å². The summed E-state index contributed by atoms with van der Waals surface area (Å²) in [5.41, 5.74) is 3.27. The molecule has 132 valence electrons. The number of oxazole rings is 1. The van der Waals surface area contributed by atoms with Crippen LogP contribution in [0.3, 0.4) is 0 Å². The van der Waals surface area contributed by atoms with Crippen LogP contribution in [0.15, 0.2) is 53.3 Å². The van der Waals surface area contributed by atoms with E-state index in [1.807, 2.05) is 31.2 Å². The highest BCUT2D eigenvalue weighted by Gasteiger charge is 2.32. The number of hydrogen-bond acceptors (Lipinski definition) is 5. The number of amides is 1. The summed E-state index contributed by atoms with van der Waals surface area (Å²) in [6.07, 6.45) is 1.66. The van der Waals surface area contributed by atoms with Gasteiger partial charge < -0.3 is 14.1 Å². The minimum atomic E-state index is -0.837. The van der Waals surface area contributed by atoms with E-state index in [-0.39, 0.29) is 5.91 Å². The van der Waals surface area contributed by atoms with Crippen LogP contribution in [0.25, 0.3) is 11.1 Å². The molecule has 6 heteroatoms. The van der Waals surface area contributed by atoms with Gasteiger partial charge >= 0.3 is 5.97 Å². The molecule has 0 N–H and O–H groups in total. The molecule has 0 saturated carbocycles. The van der Waals surface area contributed by atoms with Crippen molar-refractivity contribution in [1.82, 2.24) is 4.98 Å². The lowest BCUT2D eigenvalue weighted by atomic mass is 10.1. The molecule has 0 bridgehead atoms. The van der Waals surface area contributed by atoms with Crippen molar-refractivity contribution in [3.8, 4) is 0 Å². The first-order valence-electron chi connectivity index (χ1n) is 8.61. The Kier molecular flexibility index (Phi) is 4.16. The zero-order valence-electron chi connectivity index (χ0n) is 14.3. The van der Waals surface area contributed by atoms with Crippen molar-refractivity contribution in [2.24, 2.45) is 0 Å². The van der Waals surface area contributed by atoms with E-state index < -0.39 is 12.1 Å². The number of ether oxygens (including phenoxy) is 1. The maximum atomic E-state index is 12.9. The van der Waals surface area contributed by atoms with Crippen molar-refractivity contribution >= 4 is 28.7 Å². The van der Waals surface area contributed by atoms with Gasteiger partial charge in [0.25, 0.3) is 5.91 Å². The zero-order valence-corrected chi connectivity index (χ0v) is 14.3. The average Bonchev–Trinajstić information content (AvgIpc) is 3.31. The molecule has 1 aromatic heterocycles. The summed E-state index contributed by atoms with van der Waals surface area (Å²) in [6.45, 7) is 2.43. The average molecular weight is 350 g/mol. The Morgan fingerprint density at radius 1 is 1.23 bits per heavy atom. The third-order valence-corrected chi connectivity index (χ3v) is 4.63. The van der Waals surface area contributed by atoms with Gasteiger partial charge in [-0.15, -0.1) is 0 Å². The lowest BCUT2D eigenvalue weighted by Crippen LogP contribution is -2.40. The second-order valence-corrected chi connectivity index (χ2v) is 6.18. The molecule has 3 aromatic rings. The Labute approximate surface area is 150 Å². The summed E-state index contributed by atoms with van der Waals surface area (Å²) < 4.78 is 10.8. The van der Waals surface area contributed by atoms with Crippen LogP contribution in [-0.4, -0.2) is 29.5 Å². The van der Waals surface area contributed by atoms with Crippen molar-refractivity contribution in [3.05, 3.63) is 60.0 Å². The predicted octanol–water partition coefficient (Wildman–Crippen LogP) is 3.35. The molecule has 4 rings (SSSR count). The number of hydrogen-bond donors (Lipinski definition) is 0. The van der Waals surface area contributed by atoms with Gasteiger partial charge in [-0.25, -0.2) is 9.78 Å². The second kappa shape index (κ2) is 6.63. The third kappa shape index (κ3) is 2.73. The van der Waals surface area contributed by atoms with Gasteiger partial charge in [-0.2, -0.15) is 0 Å². The normalized spacial score (nSPS) is 14.3. The van der Waals surface area contributed by atoms with Gasteiger partial charge in [-0.05, 0) is 36.6 Å². The molecule has 1 aliphatic heterocycles. The van der Waals surface area contributed by atoms with Crippen LogP contribution in [0.2, 0.25) is 0 Å². The van der Waals surface area contributed by atoms with Crippen LogP contribution in [0.5, 0.6) is 0 Å². The molecule has 6 nitrogen and oxygen atoms in total. The standard InChI is InChI=1S/C20H18N2O4/c1-2-16(19(23)22-11-10-13-6-3-4-8-15(13)22)26-20(24)14-7-5-9-17-18(14)21-12-25-17/h3-9,12,16H,2,10-11H2,1H3. The fraction of sp³-hybridized carbons (Fsp3) is 0.250. The van der Waals surface area contributed by atoms with Gasteiger partial charge in [0.2, 0.25) is 0 Å². The summed E-state index contributed by atoms with van der Waals surface area (Å²) in [4.78, 5) is 31.3. The van der Waals surface area contributed by atoms with Crippen LogP contribution in [0.1, 0.15) is 29.3 Å². The largest absolute Gasteiger partial charge is 0.449 e. The molecule has 1 unspecified atom stereocenters. The topological polar surface area (TPSA) is 72.6 Å². The highest BCUT2D eigenvalue weighted by Crippen LogP contribution is 2.29. The van der Waals surface area contributed by atoms with Crippen LogP contribution < -0.4 is 4.90 Å². The number of esters is 1. The molecule has 1 amide bonds. The number of nitrogens with zero attached hydrogens (tertiary/aromatic N) is 2. The summed E-state index contributed by atoms with van der Waals surface area (Å²) in [7, 11) is 0. The van der Waals surface area contributed by atoms with Crippen LogP contribution in [0, 0.1) is 0 Å². The number of anilines is 1. The Morgan fingerprint density at radius 2 is 2.08 bits per heavy atom. The third-order valence-electron chi connectivity index (χ3n) is 4.63. The molecule has 0 radical (unpaired) electrons. The smallest absolute Gasteiger partial charge is 0.341 e. The number of aromatic nitrogens is 1. The van der Waals surface area contributed by atoms with Crippen molar-refractivity contribution in [2.45, 2.75) is 25.9 Å². The molecule has 0 saturated heterocycles. The summed E-state index contributed by atoms with van der Waals surface area (Å²) in [5, 5.41) is 0. The number of para-hydroxylation sites is 2. The summed E-state index contributed by atoms with van der Waals surface area (Å²) in [6, 6.07) is 12.8. The number of carbonyl (C=O) groups is 2. The first-order valence-corrected chi connectivity index (χ1v) is 8.61. The monoisotopic (exact) mass is 350 g/mol. The number of carbonyl (C=O) groups excluding carboxylic acids is 2. The Morgan fingerprint density at radius 3 is 2.92 bits per heavy atom. The van der Waals surface area contributed by atoms with E-state index in [1.54, 1.807) is 23.1 Å². The van der Waals surface area contributed by atoms with E-state index in [0.29, 0.717) is 29.6 Å². The first kappa shape index (κ1) is 16.3. The number of rotatable bonds is 4. The highest BCUT2D eigenvalue weighted by atomic mass is 16.5. The second-order valence-electron chi connectivity index (χ2n) is 6.18. The van der Waals surface area contributed by atoms with Crippen molar-refractivity contribution in [1.29, 1.82) is 0 Å². The molecule has 1 aliphatic rings. The Bertz CT molecular complexity index is 979. The first-order chi connectivity index (χ1) is 12.7. The van der Waals surface area contributed by atoms with E-state index in [0.717, 1.165) is 17.7 Å². The summed E-state index contributed by atoms with van der Waals surface area (Å²) in [5.74, 6) is -0.768. The van der Waals surface area contributed by atoms with E-state index >= 15 is 0 Å². The quantitative estimate of drug-likeness (QED) is 0.675. The van der Waals surface area contributed by atoms with E-state index in [1.165, 1.54) is 6.39 Å². The van der Waals surface area contributed by atoms with Gasteiger partial charge in [0.1, 0.15) is 5.52 Å². The molecular weight excluding hydrogens is 332 g/mol. The van der Waals surface area contributed by atoms with Crippen molar-refractivity contribution in [2.75, 3.05) is 11.4 Å². The number of benzene rings is 2. The van der Waals surface area contributed by atoms with Gasteiger partial charge in [0.15, 0.2) is 18.1 Å².